The fourth-order valence-electron chi connectivity index (χ4n) is 3.04. The maximum absolute atomic E-state index is 12.1. The Morgan fingerprint density at radius 3 is 2.79 bits per heavy atom. The van der Waals surface area contributed by atoms with E-state index in [1.54, 1.807) is 6.07 Å². The van der Waals surface area contributed by atoms with E-state index in [9.17, 15) is 14.4 Å². The highest BCUT2D eigenvalue weighted by Gasteiger charge is 2.31. The average molecular weight is 326 g/mol. The highest BCUT2D eigenvalue weighted by atomic mass is 16.5. The molecule has 0 bridgehead atoms. The molecular weight excluding hydrogens is 312 g/mol. The highest BCUT2D eigenvalue weighted by Crippen LogP contribution is 2.31. The predicted octanol–water partition coefficient (Wildman–Crippen LogP) is 0.444. The van der Waals surface area contributed by atoms with Gasteiger partial charge >= 0.3 is 5.97 Å². The summed E-state index contributed by atoms with van der Waals surface area (Å²) in [5.41, 5.74) is 7.66. The molecule has 1 aliphatic heterocycles. The third-order valence-electron chi connectivity index (χ3n) is 4.28. The van der Waals surface area contributed by atoms with Crippen molar-refractivity contribution in [3.8, 4) is 11.1 Å². The van der Waals surface area contributed by atoms with Gasteiger partial charge in [-0.15, -0.1) is 0 Å². The lowest BCUT2D eigenvalue weighted by Gasteiger charge is -2.17. The summed E-state index contributed by atoms with van der Waals surface area (Å²) in [5, 5.41) is 2.86. The Bertz CT molecular complexity index is 1060. The van der Waals surface area contributed by atoms with Crippen molar-refractivity contribution in [3.63, 3.8) is 0 Å². The molecule has 2 heterocycles. The SMILES string of the molecule is Cc1cc2[nH]c(N)nc2cc1-c1c(NC2CCOC2=O)c(=O)c1=O. The lowest BCUT2D eigenvalue weighted by atomic mass is 9.94. The van der Waals surface area contributed by atoms with Crippen molar-refractivity contribution in [1.82, 2.24) is 9.97 Å². The van der Waals surface area contributed by atoms with Gasteiger partial charge in [0.15, 0.2) is 5.95 Å². The van der Waals surface area contributed by atoms with Gasteiger partial charge in [0.25, 0.3) is 0 Å². The molecule has 8 heteroatoms. The van der Waals surface area contributed by atoms with E-state index >= 15 is 0 Å². The number of hydrogen-bond acceptors (Lipinski definition) is 7. The van der Waals surface area contributed by atoms with Crippen LogP contribution in [0.2, 0.25) is 0 Å². The number of anilines is 2. The number of imidazole rings is 1. The molecule has 8 nitrogen and oxygen atoms in total. The van der Waals surface area contributed by atoms with Crippen LogP contribution < -0.4 is 21.9 Å². The number of carbonyl (C=O) groups excluding carboxylic acids is 1. The first-order valence-electron chi connectivity index (χ1n) is 7.48. The standard InChI is InChI=1S/C16H14N4O4/c1-6-4-9-10(20-16(17)19-9)5-7(6)11-12(14(22)13(11)21)18-8-2-3-24-15(8)23/h4-5,8,18H,2-3H2,1H3,(H3,17,19,20). The molecule has 3 aromatic rings. The van der Waals surface area contributed by atoms with Crippen LogP contribution in [-0.4, -0.2) is 28.6 Å². The van der Waals surface area contributed by atoms with Crippen LogP contribution in [0.1, 0.15) is 12.0 Å². The molecule has 1 saturated heterocycles. The molecule has 122 valence electrons. The van der Waals surface area contributed by atoms with Gasteiger partial charge in [0.05, 0.1) is 28.9 Å². The number of cyclic esters (lactones) is 1. The molecule has 1 unspecified atom stereocenters. The number of aromatic nitrogens is 2. The zero-order valence-corrected chi connectivity index (χ0v) is 12.8. The molecule has 24 heavy (non-hydrogen) atoms. The Hall–Kier alpha value is -3.16. The number of fused-ring (bicyclic) bond motifs is 1. The number of aryl methyl sites for hydroxylation is 1. The van der Waals surface area contributed by atoms with E-state index in [0.717, 1.165) is 11.1 Å². The highest BCUT2D eigenvalue weighted by molar-refractivity contribution is 5.92. The van der Waals surface area contributed by atoms with Crippen LogP contribution in [0.25, 0.3) is 22.2 Å². The van der Waals surface area contributed by atoms with Gasteiger partial charge in [-0.25, -0.2) is 9.78 Å². The minimum atomic E-state index is -0.620. The van der Waals surface area contributed by atoms with Gasteiger partial charge in [0, 0.05) is 6.42 Å². The second-order valence-corrected chi connectivity index (χ2v) is 5.87. The van der Waals surface area contributed by atoms with E-state index in [-0.39, 0.29) is 17.2 Å². The number of carbonyl (C=O) groups is 1. The van der Waals surface area contributed by atoms with E-state index in [2.05, 4.69) is 15.3 Å². The monoisotopic (exact) mass is 326 g/mol. The largest absolute Gasteiger partial charge is 0.464 e. The average Bonchev–Trinajstić information content (AvgIpc) is 3.11. The van der Waals surface area contributed by atoms with Crippen LogP contribution in [0.3, 0.4) is 0 Å². The molecule has 2 aromatic carbocycles. The first-order chi connectivity index (χ1) is 11.5. The number of esters is 1. The van der Waals surface area contributed by atoms with Crippen molar-refractivity contribution in [2.45, 2.75) is 19.4 Å². The molecule has 4 N–H and O–H groups in total. The molecule has 0 radical (unpaired) electrons. The Morgan fingerprint density at radius 2 is 2.08 bits per heavy atom. The van der Waals surface area contributed by atoms with E-state index in [4.69, 9.17) is 10.5 Å². The van der Waals surface area contributed by atoms with Gasteiger partial charge in [-0.1, -0.05) is 0 Å². The second kappa shape index (κ2) is 4.92. The van der Waals surface area contributed by atoms with Gasteiger partial charge in [-0.2, -0.15) is 0 Å². The van der Waals surface area contributed by atoms with Crippen molar-refractivity contribution in [2.75, 3.05) is 17.7 Å². The minimum absolute atomic E-state index is 0.162. The first kappa shape index (κ1) is 14.4. The van der Waals surface area contributed by atoms with E-state index in [1.807, 2.05) is 13.0 Å². The Morgan fingerprint density at radius 1 is 1.29 bits per heavy atom. The fourth-order valence-corrected chi connectivity index (χ4v) is 3.04. The summed E-state index contributed by atoms with van der Waals surface area (Å²) in [4.78, 5) is 42.7. The van der Waals surface area contributed by atoms with Gasteiger partial charge in [-0.05, 0) is 30.2 Å². The normalized spacial score (nSPS) is 17.5. The second-order valence-electron chi connectivity index (χ2n) is 5.87. The molecule has 0 spiro atoms. The summed E-state index contributed by atoms with van der Waals surface area (Å²) in [6.07, 6.45) is 0.463. The summed E-state index contributed by atoms with van der Waals surface area (Å²) in [6.45, 7) is 2.13. The number of nitrogens with two attached hydrogens (primary N) is 1. The first-order valence-corrected chi connectivity index (χ1v) is 7.48. The molecule has 1 aromatic heterocycles. The van der Waals surface area contributed by atoms with E-state index < -0.39 is 22.9 Å². The number of nitrogens with zero attached hydrogens (tertiary/aromatic N) is 1. The minimum Gasteiger partial charge on any atom is -0.464 e. The summed E-state index contributed by atoms with van der Waals surface area (Å²) in [6, 6.07) is 2.93. The molecule has 0 saturated carbocycles. The van der Waals surface area contributed by atoms with Crippen LogP contribution in [0.4, 0.5) is 11.6 Å². The lowest BCUT2D eigenvalue weighted by Crippen LogP contribution is -2.40. The molecular formula is C16H14N4O4. The molecule has 1 aliphatic rings. The summed E-state index contributed by atoms with van der Waals surface area (Å²) >= 11 is 0. The third kappa shape index (κ3) is 1.99. The maximum Gasteiger partial charge on any atom is 0.328 e. The van der Waals surface area contributed by atoms with Crippen molar-refractivity contribution < 1.29 is 9.53 Å². The number of aromatic amines is 1. The third-order valence-corrected chi connectivity index (χ3v) is 4.28. The van der Waals surface area contributed by atoms with Gasteiger partial charge in [0.2, 0.25) is 10.9 Å². The maximum atomic E-state index is 12.1. The topological polar surface area (TPSA) is 127 Å². The fraction of sp³-hybridized carbons (Fsp3) is 0.250. The van der Waals surface area contributed by atoms with E-state index in [1.165, 1.54) is 0 Å². The molecule has 1 fully saturated rings. The zero-order chi connectivity index (χ0) is 17.0. The van der Waals surface area contributed by atoms with Crippen LogP contribution in [0.15, 0.2) is 21.7 Å². The zero-order valence-electron chi connectivity index (χ0n) is 12.8. The predicted molar refractivity (Wildman–Crippen MR) is 88.6 cm³/mol. The molecule has 4 rings (SSSR count). The van der Waals surface area contributed by atoms with Crippen molar-refractivity contribution in [1.29, 1.82) is 0 Å². The van der Waals surface area contributed by atoms with E-state index in [0.29, 0.717) is 24.1 Å². The van der Waals surface area contributed by atoms with Crippen molar-refractivity contribution >= 4 is 28.6 Å². The van der Waals surface area contributed by atoms with Gasteiger partial charge in [-0.3, -0.25) is 9.59 Å². The van der Waals surface area contributed by atoms with Crippen LogP contribution in [-0.2, 0) is 9.53 Å². The number of nitrogen functional groups attached to an aromatic ring is 1. The van der Waals surface area contributed by atoms with Gasteiger partial charge < -0.3 is 20.8 Å². The summed E-state index contributed by atoms with van der Waals surface area (Å²) < 4.78 is 4.87. The van der Waals surface area contributed by atoms with Gasteiger partial charge in [0.1, 0.15) is 6.04 Å². The quantitative estimate of drug-likeness (QED) is 0.471. The molecule has 1 atom stereocenters. The lowest BCUT2D eigenvalue weighted by molar-refractivity contribution is -0.138. The Labute approximate surface area is 135 Å². The Balaban J connectivity index is 1.81. The smallest absolute Gasteiger partial charge is 0.328 e. The van der Waals surface area contributed by atoms with Crippen molar-refractivity contribution in [3.05, 3.63) is 38.1 Å². The molecule has 0 aliphatic carbocycles. The summed E-state index contributed by atoms with van der Waals surface area (Å²) in [7, 11) is 0. The Kier molecular flexibility index (Phi) is 2.96. The number of rotatable bonds is 3. The number of ether oxygens (including phenoxy) is 1. The molecule has 0 amide bonds. The number of H-pyrrole nitrogens is 1. The number of benzene rings is 1. The number of nitrogens with one attached hydrogen (secondary N) is 2. The van der Waals surface area contributed by atoms with Crippen LogP contribution in [0.5, 0.6) is 0 Å². The summed E-state index contributed by atoms with van der Waals surface area (Å²) in [5.74, 6) is -0.139. The van der Waals surface area contributed by atoms with Crippen molar-refractivity contribution in [2.24, 2.45) is 0 Å². The van der Waals surface area contributed by atoms with Crippen LogP contribution >= 0.6 is 0 Å². The number of hydrogen-bond donors (Lipinski definition) is 3. The van der Waals surface area contributed by atoms with Crippen LogP contribution in [0, 0.1) is 6.92 Å².